The van der Waals surface area contributed by atoms with E-state index in [0.717, 1.165) is 12.1 Å². The molecule has 17 heavy (non-hydrogen) atoms. The van der Waals surface area contributed by atoms with Crippen molar-refractivity contribution in [1.29, 1.82) is 5.26 Å². The first kappa shape index (κ1) is 13.2. The summed E-state index contributed by atoms with van der Waals surface area (Å²) in [6, 6.07) is 3.86. The third-order valence-corrected chi connectivity index (χ3v) is 2.62. The number of rotatable bonds is 5. The highest BCUT2D eigenvalue weighted by Crippen LogP contribution is 2.08. The number of hydrogen-bond acceptors (Lipinski definition) is 3. The Kier molecular flexibility index (Phi) is 4.70. The van der Waals surface area contributed by atoms with Crippen LogP contribution in [-0.4, -0.2) is 34.2 Å². The van der Waals surface area contributed by atoms with Crippen molar-refractivity contribution < 1.29 is 4.79 Å². The molecule has 0 bridgehead atoms. The van der Waals surface area contributed by atoms with Crippen molar-refractivity contribution >= 4 is 5.91 Å². The number of carbonyl (C=O) groups excluding carboxylic acids is 1. The Balaban J connectivity index is 2.87. The molecule has 1 amide bonds. The summed E-state index contributed by atoms with van der Waals surface area (Å²) in [6.07, 6.45) is 1.17. The minimum absolute atomic E-state index is 0.0747. The first-order valence-corrected chi connectivity index (χ1v) is 5.83. The fourth-order valence-corrected chi connectivity index (χ4v) is 1.57. The van der Waals surface area contributed by atoms with E-state index in [-0.39, 0.29) is 5.91 Å². The van der Waals surface area contributed by atoms with Crippen LogP contribution in [0.5, 0.6) is 0 Å². The van der Waals surface area contributed by atoms with Crippen molar-refractivity contribution in [2.75, 3.05) is 13.6 Å². The number of aromatic nitrogens is 2. The van der Waals surface area contributed by atoms with Gasteiger partial charge in [-0.2, -0.15) is 10.4 Å². The van der Waals surface area contributed by atoms with Gasteiger partial charge >= 0.3 is 0 Å². The molecule has 5 nitrogen and oxygen atoms in total. The van der Waals surface area contributed by atoms with E-state index in [2.05, 4.69) is 5.10 Å². The Hall–Kier alpha value is -1.83. The van der Waals surface area contributed by atoms with Crippen molar-refractivity contribution in [1.82, 2.24) is 14.7 Å². The highest BCUT2D eigenvalue weighted by Gasteiger charge is 2.17. The van der Waals surface area contributed by atoms with E-state index in [9.17, 15) is 4.79 Å². The van der Waals surface area contributed by atoms with Crippen LogP contribution in [0.1, 0.15) is 36.5 Å². The summed E-state index contributed by atoms with van der Waals surface area (Å²) in [5.41, 5.74) is 1.52. The Bertz CT molecular complexity index is 430. The number of nitriles is 1. The lowest BCUT2D eigenvalue weighted by molar-refractivity contribution is 0.0786. The summed E-state index contributed by atoms with van der Waals surface area (Å²) in [5.74, 6) is -0.0747. The van der Waals surface area contributed by atoms with Crippen LogP contribution in [0.2, 0.25) is 0 Å². The number of aryl methyl sites for hydroxylation is 2. The van der Waals surface area contributed by atoms with E-state index in [1.165, 1.54) is 0 Å². The van der Waals surface area contributed by atoms with Gasteiger partial charge < -0.3 is 4.90 Å². The van der Waals surface area contributed by atoms with Crippen LogP contribution >= 0.6 is 0 Å². The summed E-state index contributed by atoms with van der Waals surface area (Å²) < 4.78 is 1.71. The standard InChI is InChI=1S/C12H18N4O/c1-4-10-9-11(16(5-2)14-10)12(17)15(3)8-6-7-13/h9H,4-6,8H2,1-3H3. The second-order valence-electron chi connectivity index (χ2n) is 3.83. The van der Waals surface area contributed by atoms with Gasteiger partial charge in [-0.3, -0.25) is 9.48 Å². The Morgan fingerprint density at radius 1 is 1.59 bits per heavy atom. The van der Waals surface area contributed by atoms with Crippen LogP contribution in [0.4, 0.5) is 0 Å². The third kappa shape index (κ3) is 3.06. The monoisotopic (exact) mass is 234 g/mol. The molecule has 92 valence electrons. The molecule has 0 unspecified atom stereocenters. The maximum atomic E-state index is 12.1. The maximum absolute atomic E-state index is 12.1. The van der Waals surface area contributed by atoms with Crippen molar-refractivity contribution in [2.45, 2.75) is 33.2 Å². The van der Waals surface area contributed by atoms with Crippen molar-refractivity contribution in [3.8, 4) is 6.07 Å². The molecule has 1 aromatic heterocycles. The van der Waals surface area contributed by atoms with Gasteiger partial charge in [0.15, 0.2) is 0 Å². The molecule has 1 aromatic rings. The second-order valence-corrected chi connectivity index (χ2v) is 3.83. The molecular weight excluding hydrogens is 216 g/mol. The number of amides is 1. The molecular formula is C12H18N4O. The fourth-order valence-electron chi connectivity index (χ4n) is 1.57. The Morgan fingerprint density at radius 3 is 2.82 bits per heavy atom. The van der Waals surface area contributed by atoms with Crippen LogP contribution in [0.15, 0.2) is 6.07 Å². The number of hydrogen-bond donors (Lipinski definition) is 0. The molecule has 0 saturated heterocycles. The van der Waals surface area contributed by atoms with Gasteiger partial charge in [0.1, 0.15) is 5.69 Å². The minimum atomic E-state index is -0.0747. The quantitative estimate of drug-likeness (QED) is 0.774. The van der Waals surface area contributed by atoms with Crippen molar-refractivity contribution in [3.63, 3.8) is 0 Å². The first-order chi connectivity index (χ1) is 8.13. The molecule has 1 heterocycles. The molecule has 0 N–H and O–H groups in total. The highest BCUT2D eigenvalue weighted by molar-refractivity contribution is 5.92. The van der Waals surface area contributed by atoms with Gasteiger partial charge in [-0.1, -0.05) is 6.92 Å². The Labute approximate surface area is 102 Å². The summed E-state index contributed by atoms with van der Waals surface area (Å²) in [7, 11) is 1.71. The number of carbonyl (C=O) groups is 1. The smallest absolute Gasteiger partial charge is 0.271 e. The second kappa shape index (κ2) is 6.04. The zero-order valence-electron chi connectivity index (χ0n) is 10.6. The minimum Gasteiger partial charge on any atom is -0.339 e. The zero-order chi connectivity index (χ0) is 12.8. The predicted octanol–water partition coefficient (Wildman–Crippen LogP) is 1.45. The van der Waals surface area contributed by atoms with Gasteiger partial charge in [-0.25, -0.2) is 0 Å². The molecule has 0 aliphatic rings. The predicted molar refractivity (Wildman–Crippen MR) is 64.5 cm³/mol. The lowest BCUT2D eigenvalue weighted by Crippen LogP contribution is -2.29. The zero-order valence-corrected chi connectivity index (χ0v) is 10.6. The average molecular weight is 234 g/mol. The van der Waals surface area contributed by atoms with E-state index < -0.39 is 0 Å². The Morgan fingerprint density at radius 2 is 2.29 bits per heavy atom. The summed E-state index contributed by atoms with van der Waals surface area (Å²) >= 11 is 0. The molecule has 0 radical (unpaired) electrons. The van der Waals surface area contributed by atoms with Gasteiger partial charge in [0, 0.05) is 20.1 Å². The molecule has 1 rings (SSSR count). The van der Waals surface area contributed by atoms with Crippen molar-refractivity contribution in [2.24, 2.45) is 0 Å². The van der Waals surface area contributed by atoms with Gasteiger partial charge in [-0.15, -0.1) is 0 Å². The van der Waals surface area contributed by atoms with Crippen LogP contribution in [-0.2, 0) is 13.0 Å². The molecule has 5 heteroatoms. The summed E-state index contributed by atoms with van der Waals surface area (Å²) in [6.45, 7) is 5.09. The first-order valence-electron chi connectivity index (χ1n) is 5.83. The van der Waals surface area contributed by atoms with Crippen molar-refractivity contribution in [3.05, 3.63) is 17.5 Å². The molecule has 0 aliphatic heterocycles. The molecule has 0 aliphatic carbocycles. The fraction of sp³-hybridized carbons (Fsp3) is 0.583. The van der Waals surface area contributed by atoms with Crippen LogP contribution in [0.25, 0.3) is 0 Å². The van der Waals surface area contributed by atoms with Gasteiger partial charge in [0.25, 0.3) is 5.91 Å². The van der Waals surface area contributed by atoms with Gasteiger partial charge in [-0.05, 0) is 19.4 Å². The molecule has 0 aromatic carbocycles. The molecule has 0 saturated carbocycles. The maximum Gasteiger partial charge on any atom is 0.271 e. The van der Waals surface area contributed by atoms with E-state index in [4.69, 9.17) is 5.26 Å². The molecule has 0 fully saturated rings. The van der Waals surface area contributed by atoms with Gasteiger partial charge in [0.2, 0.25) is 0 Å². The lowest BCUT2D eigenvalue weighted by Gasteiger charge is -2.15. The highest BCUT2D eigenvalue weighted by atomic mass is 16.2. The van der Waals surface area contributed by atoms with Crippen LogP contribution in [0.3, 0.4) is 0 Å². The topological polar surface area (TPSA) is 61.9 Å². The third-order valence-electron chi connectivity index (χ3n) is 2.62. The van der Waals surface area contributed by atoms with E-state index in [1.807, 2.05) is 26.0 Å². The summed E-state index contributed by atoms with van der Waals surface area (Å²) in [5, 5.41) is 12.8. The average Bonchev–Trinajstić information content (AvgIpc) is 2.78. The molecule has 0 atom stereocenters. The molecule has 0 spiro atoms. The van der Waals surface area contributed by atoms with Crippen LogP contribution in [0, 0.1) is 11.3 Å². The lowest BCUT2D eigenvalue weighted by atomic mass is 10.3. The SMILES string of the molecule is CCc1cc(C(=O)N(C)CCC#N)n(CC)n1. The van der Waals surface area contributed by atoms with Crippen LogP contribution < -0.4 is 0 Å². The van der Waals surface area contributed by atoms with E-state index in [1.54, 1.807) is 16.6 Å². The van der Waals surface area contributed by atoms with E-state index >= 15 is 0 Å². The normalized spacial score (nSPS) is 10.0. The van der Waals surface area contributed by atoms with Gasteiger partial charge in [0.05, 0.1) is 18.2 Å². The largest absolute Gasteiger partial charge is 0.339 e. The summed E-state index contributed by atoms with van der Waals surface area (Å²) in [4.78, 5) is 13.7. The van der Waals surface area contributed by atoms with E-state index in [0.29, 0.717) is 25.2 Å². The number of nitrogens with zero attached hydrogens (tertiary/aromatic N) is 4.